The third-order valence-electron chi connectivity index (χ3n) is 3.71. The summed E-state index contributed by atoms with van der Waals surface area (Å²) in [5, 5.41) is 9.57. The number of hydrogen-bond donors (Lipinski definition) is 1. The molecule has 19 heavy (non-hydrogen) atoms. The van der Waals surface area contributed by atoms with E-state index in [2.05, 4.69) is 44.5 Å². The molecule has 0 spiro atoms. The fourth-order valence-corrected chi connectivity index (χ4v) is 3.43. The molecule has 102 valence electrons. The van der Waals surface area contributed by atoms with E-state index in [1.807, 2.05) is 11.3 Å². The Morgan fingerprint density at radius 2 is 2.47 bits per heavy atom. The highest BCUT2D eigenvalue weighted by Crippen LogP contribution is 2.26. The van der Waals surface area contributed by atoms with Crippen molar-refractivity contribution in [2.75, 3.05) is 13.1 Å². The van der Waals surface area contributed by atoms with Gasteiger partial charge in [0, 0.05) is 30.3 Å². The van der Waals surface area contributed by atoms with E-state index < -0.39 is 0 Å². The van der Waals surface area contributed by atoms with Crippen molar-refractivity contribution in [3.05, 3.63) is 34.0 Å². The van der Waals surface area contributed by atoms with Gasteiger partial charge in [-0.3, -0.25) is 10.00 Å². The number of likely N-dealkylation sites (tertiary alicyclic amines) is 1. The number of hydrogen-bond acceptors (Lipinski definition) is 4. The molecule has 4 nitrogen and oxygen atoms in total. The van der Waals surface area contributed by atoms with Crippen LogP contribution in [0.3, 0.4) is 0 Å². The molecule has 0 amide bonds. The Balaban J connectivity index is 1.64. The van der Waals surface area contributed by atoms with E-state index in [4.69, 9.17) is 0 Å². The quantitative estimate of drug-likeness (QED) is 0.934. The number of aryl methyl sites for hydroxylation is 1. The van der Waals surface area contributed by atoms with Crippen molar-refractivity contribution in [3.8, 4) is 0 Å². The molecule has 2 aromatic rings. The van der Waals surface area contributed by atoms with E-state index in [1.54, 1.807) is 0 Å². The Labute approximate surface area is 117 Å². The van der Waals surface area contributed by atoms with Crippen molar-refractivity contribution >= 4 is 11.3 Å². The lowest BCUT2D eigenvalue weighted by Crippen LogP contribution is -2.34. The maximum Gasteiger partial charge on any atom is 0.155 e. The first-order valence-electron chi connectivity index (χ1n) is 7.01. The minimum Gasteiger partial charge on any atom is -0.298 e. The SMILES string of the molecule is CCc1nc(C2CCCN(Cc3cccs3)C2)n[nH]1. The van der Waals surface area contributed by atoms with Crippen LogP contribution in [0.25, 0.3) is 0 Å². The van der Waals surface area contributed by atoms with E-state index in [-0.39, 0.29) is 0 Å². The second kappa shape index (κ2) is 5.84. The zero-order valence-corrected chi connectivity index (χ0v) is 12.1. The van der Waals surface area contributed by atoms with Crippen molar-refractivity contribution in [2.45, 2.75) is 38.6 Å². The van der Waals surface area contributed by atoms with E-state index >= 15 is 0 Å². The van der Waals surface area contributed by atoms with Gasteiger partial charge in [0.15, 0.2) is 5.82 Å². The molecule has 0 aliphatic carbocycles. The molecule has 1 aliphatic rings. The topological polar surface area (TPSA) is 44.8 Å². The van der Waals surface area contributed by atoms with Gasteiger partial charge in [-0.15, -0.1) is 11.3 Å². The van der Waals surface area contributed by atoms with Gasteiger partial charge < -0.3 is 0 Å². The fourth-order valence-electron chi connectivity index (χ4n) is 2.68. The number of rotatable bonds is 4. The molecule has 0 radical (unpaired) electrons. The first-order valence-corrected chi connectivity index (χ1v) is 7.89. The molecule has 3 heterocycles. The molecule has 5 heteroatoms. The normalized spacial score (nSPS) is 20.8. The van der Waals surface area contributed by atoms with Crippen molar-refractivity contribution in [1.29, 1.82) is 0 Å². The maximum atomic E-state index is 4.59. The van der Waals surface area contributed by atoms with Gasteiger partial charge in [0.25, 0.3) is 0 Å². The molecule has 1 aliphatic heterocycles. The molecule has 0 saturated carbocycles. The molecule has 1 N–H and O–H groups in total. The number of nitrogens with one attached hydrogen (secondary N) is 1. The summed E-state index contributed by atoms with van der Waals surface area (Å²) in [7, 11) is 0. The molecule has 0 aromatic carbocycles. The number of piperidine rings is 1. The van der Waals surface area contributed by atoms with Crippen LogP contribution in [0.1, 0.15) is 42.2 Å². The largest absolute Gasteiger partial charge is 0.298 e. The van der Waals surface area contributed by atoms with Gasteiger partial charge in [-0.1, -0.05) is 13.0 Å². The predicted molar refractivity (Wildman–Crippen MR) is 77.3 cm³/mol. The lowest BCUT2D eigenvalue weighted by atomic mass is 9.97. The van der Waals surface area contributed by atoms with Crippen LogP contribution in [0.4, 0.5) is 0 Å². The molecule has 1 fully saturated rings. The van der Waals surface area contributed by atoms with Crippen molar-refractivity contribution in [3.63, 3.8) is 0 Å². The molecule has 3 rings (SSSR count). The van der Waals surface area contributed by atoms with Crippen molar-refractivity contribution in [2.24, 2.45) is 0 Å². The van der Waals surface area contributed by atoms with Crippen LogP contribution < -0.4 is 0 Å². The number of aromatic nitrogens is 3. The van der Waals surface area contributed by atoms with E-state index in [0.717, 1.165) is 31.2 Å². The second-order valence-corrected chi connectivity index (χ2v) is 6.18. The third-order valence-corrected chi connectivity index (χ3v) is 4.58. The standard InChI is InChI=1S/C14H20N4S/c1-2-13-15-14(17-16-13)11-5-3-7-18(9-11)10-12-6-4-8-19-12/h4,6,8,11H,2-3,5,7,9-10H2,1H3,(H,15,16,17). The van der Waals surface area contributed by atoms with E-state index in [0.29, 0.717) is 5.92 Å². The zero-order chi connectivity index (χ0) is 13.1. The number of thiophene rings is 1. The molecule has 2 aromatic heterocycles. The summed E-state index contributed by atoms with van der Waals surface area (Å²) < 4.78 is 0. The van der Waals surface area contributed by atoms with Gasteiger partial charge in [0.1, 0.15) is 5.82 Å². The number of nitrogens with zero attached hydrogens (tertiary/aromatic N) is 3. The van der Waals surface area contributed by atoms with E-state index in [9.17, 15) is 0 Å². The van der Waals surface area contributed by atoms with Gasteiger partial charge >= 0.3 is 0 Å². The number of aromatic amines is 1. The summed E-state index contributed by atoms with van der Waals surface area (Å²) in [5.41, 5.74) is 0. The van der Waals surface area contributed by atoms with Crippen molar-refractivity contribution in [1.82, 2.24) is 20.1 Å². The average molecular weight is 276 g/mol. The molecular formula is C14H20N4S. The Kier molecular flexibility index (Phi) is 3.94. The lowest BCUT2D eigenvalue weighted by Gasteiger charge is -2.30. The molecule has 1 atom stereocenters. The van der Waals surface area contributed by atoms with Crippen LogP contribution in [0.5, 0.6) is 0 Å². The summed E-state index contributed by atoms with van der Waals surface area (Å²) in [5.74, 6) is 2.50. The molecule has 1 saturated heterocycles. The summed E-state index contributed by atoms with van der Waals surface area (Å²) >= 11 is 1.84. The van der Waals surface area contributed by atoms with Crippen molar-refractivity contribution < 1.29 is 0 Å². The van der Waals surface area contributed by atoms with Crippen LogP contribution in [0.15, 0.2) is 17.5 Å². The summed E-state index contributed by atoms with van der Waals surface area (Å²) in [4.78, 5) is 8.57. The van der Waals surface area contributed by atoms with Gasteiger partial charge in [-0.25, -0.2) is 4.98 Å². The molecule has 0 bridgehead atoms. The Hall–Kier alpha value is -1.20. The maximum absolute atomic E-state index is 4.59. The minimum absolute atomic E-state index is 0.491. The number of H-pyrrole nitrogens is 1. The Morgan fingerprint density at radius 1 is 1.53 bits per heavy atom. The van der Waals surface area contributed by atoms with Gasteiger partial charge in [0.05, 0.1) is 0 Å². The van der Waals surface area contributed by atoms with Crippen LogP contribution >= 0.6 is 11.3 Å². The highest BCUT2D eigenvalue weighted by atomic mass is 32.1. The summed E-state index contributed by atoms with van der Waals surface area (Å²) in [6, 6.07) is 4.35. The van der Waals surface area contributed by atoms with Gasteiger partial charge in [0.2, 0.25) is 0 Å². The fraction of sp³-hybridized carbons (Fsp3) is 0.571. The summed E-state index contributed by atoms with van der Waals surface area (Å²) in [6.07, 6.45) is 3.38. The lowest BCUT2D eigenvalue weighted by molar-refractivity contribution is 0.198. The zero-order valence-electron chi connectivity index (χ0n) is 11.3. The Bertz CT molecular complexity index is 505. The molecular weight excluding hydrogens is 256 g/mol. The van der Waals surface area contributed by atoms with Crippen LogP contribution in [0.2, 0.25) is 0 Å². The third kappa shape index (κ3) is 3.04. The first-order chi connectivity index (χ1) is 9.35. The Morgan fingerprint density at radius 3 is 3.21 bits per heavy atom. The minimum atomic E-state index is 0.491. The molecule has 1 unspecified atom stereocenters. The second-order valence-electron chi connectivity index (χ2n) is 5.15. The predicted octanol–water partition coefficient (Wildman–Crippen LogP) is 2.81. The van der Waals surface area contributed by atoms with E-state index in [1.165, 1.54) is 24.3 Å². The van der Waals surface area contributed by atoms with Crippen LogP contribution in [-0.2, 0) is 13.0 Å². The van der Waals surface area contributed by atoms with Gasteiger partial charge in [-0.05, 0) is 30.8 Å². The highest BCUT2D eigenvalue weighted by molar-refractivity contribution is 7.09. The smallest absolute Gasteiger partial charge is 0.155 e. The van der Waals surface area contributed by atoms with Crippen LogP contribution in [0, 0.1) is 0 Å². The summed E-state index contributed by atoms with van der Waals surface area (Å²) in [6.45, 7) is 5.45. The average Bonchev–Trinajstić information content (AvgIpc) is 3.09. The van der Waals surface area contributed by atoms with Crippen LogP contribution in [-0.4, -0.2) is 33.2 Å². The highest BCUT2D eigenvalue weighted by Gasteiger charge is 2.24. The first kappa shape index (κ1) is 12.8. The van der Waals surface area contributed by atoms with Gasteiger partial charge in [-0.2, -0.15) is 5.10 Å². The monoisotopic (exact) mass is 276 g/mol.